The number of hydrogen-bond acceptors (Lipinski definition) is 6. The molecule has 94 valence electrons. The average molecular weight is 240 g/mol. The number of aliphatic hydroxyl groups excluding tert-OH is 1. The molecule has 0 saturated carbocycles. The molecule has 2 saturated heterocycles. The second-order valence-electron chi connectivity index (χ2n) is 4.44. The Morgan fingerprint density at radius 2 is 2.06 bits per heavy atom. The lowest BCUT2D eigenvalue weighted by Crippen LogP contribution is -2.36. The van der Waals surface area contributed by atoms with E-state index in [1.165, 1.54) is 0 Å². The third kappa shape index (κ3) is 2.15. The summed E-state index contributed by atoms with van der Waals surface area (Å²) in [7, 11) is 0. The molecule has 0 atom stereocenters. The molecule has 0 radical (unpaired) electrons. The molecule has 0 bridgehead atoms. The van der Waals surface area contributed by atoms with Crippen LogP contribution in [0.3, 0.4) is 0 Å². The molecular weight excluding hydrogens is 224 g/mol. The van der Waals surface area contributed by atoms with Crippen LogP contribution in [0.1, 0.15) is 31.7 Å². The first-order valence-electron chi connectivity index (χ1n) is 5.92. The van der Waals surface area contributed by atoms with Gasteiger partial charge in [-0.2, -0.15) is 4.98 Å². The highest BCUT2D eigenvalue weighted by atomic mass is 16.9. The molecule has 1 N–H and O–H groups in total. The van der Waals surface area contributed by atoms with Crippen LogP contribution in [0, 0.1) is 0 Å². The van der Waals surface area contributed by atoms with E-state index in [-0.39, 0.29) is 12.4 Å². The van der Waals surface area contributed by atoms with E-state index in [4.69, 9.17) is 13.9 Å². The number of nitrogens with zero attached hydrogens (tertiary/aromatic N) is 2. The lowest BCUT2D eigenvalue weighted by molar-refractivity contribution is -0.383. The molecule has 0 aromatic carbocycles. The summed E-state index contributed by atoms with van der Waals surface area (Å²) >= 11 is 0. The van der Waals surface area contributed by atoms with E-state index < -0.39 is 6.29 Å². The van der Waals surface area contributed by atoms with Crippen molar-refractivity contribution in [3.63, 3.8) is 0 Å². The Balaban J connectivity index is 1.64. The first kappa shape index (κ1) is 11.0. The van der Waals surface area contributed by atoms with Crippen molar-refractivity contribution in [3.8, 4) is 0 Å². The quantitative estimate of drug-likeness (QED) is 0.832. The zero-order chi connectivity index (χ0) is 11.8. The zero-order valence-electron chi connectivity index (χ0n) is 9.70. The number of hydrogen-bond donors (Lipinski definition) is 1. The molecule has 3 rings (SSSR count). The van der Waals surface area contributed by atoms with Crippen molar-refractivity contribution in [3.05, 3.63) is 12.0 Å². The van der Waals surface area contributed by atoms with Crippen LogP contribution in [0.4, 0.5) is 6.01 Å². The number of oxazole rings is 1. The Labute approximate surface area is 99.1 Å². The molecule has 17 heavy (non-hydrogen) atoms. The number of ether oxygens (including phenoxy) is 2. The van der Waals surface area contributed by atoms with Gasteiger partial charge in [0.2, 0.25) is 6.29 Å². The second kappa shape index (κ2) is 4.29. The Bertz CT molecular complexity index is 381. The fourth-order valence-corrected chi connectivity index (χ4v) is 2.08. The van der Waals surface area contributed by atoms with Crippen molar-refractivity contribution in [1.29, 1.82) is 0 Å². The SMILES string of the molecule is CC1OC(c2coc(N3CCC(O)CC3)n2)O1. The molecule has 3 heterocycles. The van der Waals surface area contributed by atoms with Gasteiger partial charge >= 0.3 is 0 Å². The minimum absolute atomic E-state index is 0.162. The Morgan fingerprint density at radius 3 is 2.71 bits per heavy atom. The van der Waals surface area contributed by atoms with Gasteiger partial charge in [0.25, 0.3) is 6.01 Å². The summed E-state index contributed by atoms with van der Waals surface area (Å²) in [6, 6.07) is 0.582. The van der Waals surface area contributed by atoms with E-state index in [0.29, 0.717) is 11.7 Å². The van der Waals surface area contributed by atoms with Gasteiger partial charge in [-0.25, -0.2) is 0 Å². The van der Waals surface area contributed by atoms with Crippen molar-refractivity contribution < 1.29 is 19.0 Å². The van der Waals surface area contributed by atoms with Gasteiger partial charge in [0.15, 0.2) is 6.29 Å². The van der Waals surface area contributed by atoms with Gasteiger partial charge in [-0.15, -0.1) is 0 Å². The monoisotopic (exact) mass is 240 g/mol. The Hall–Kier alpha value is -1.11. The maximum atomic E-state index is 9.43. The predicted molar refractivity (Wildman–Crippen MR) is 58.3 cm³/mol. The van der Waals surface area contributed by atoms with E-state index in [1.54, 1.807) is 6.26 Å². The standard InChI is InChI=1S/C11H16N2O4/c1-7-16-10(17-7)9-6-15-11(12-9)13-4-2-8(14)3-5-13/h6-8,10,14H,2-5H2,1H3. The highest BCUT2D eigenvalue weighted by molar-refractivity contribution is 5.28. The van der Waals surface area contributed by atoms with Crippen molar-refractivity contribution in [1.82, 2.24) is 4.98 Å². The molecule has 2 fully saturated rings. The van der Waals surface area contributed by atoms with Crippen molar-refractivity contribution in [2.75, 3.05) is 18.0 Å². The van der Waals surface area contributed by atoms with Crippen molar-refractivity contribution in [2.45, 2.75) is 38.4 Å². The molecule has 1 aromatic rings. The van der Waals surface area contributed by atoms with Gasteiger partial charge in [0.1, 0.15) is 12.0 Å². The summed E-state index contributed by atoms with van der Waals surface area (Å²) in [5.74, 6) is 0. The Kier molecular flexibility index (Phi) is 2.78. The number of aliphatic hydroxyl groups is 1. The smallest absolute Gasteiger partial charge is 0.297 e. The van der Waals surface area contributed by atoms with Gasteiger partial charge < -0.3 is 23.9 Å². The average Bonchev–Trinajstić information content (AvgIpc) is 2.75. The molecule has 1 aromatic heterocycles. The molecule has 2 aliphatic heterocycles. The molecule has 0 spiro atoms. The van der Waals surface area contributed by atoms with Gasteiger partial charge in [-0.3, -0.25) is 0 Å². The van der Waals surface area contributed by atoms with Crippen molar-refractivity contribution in [2.24, 2.45) is 0 Å². The molecule has 6 heteroatoms. The summed E-state index contributed by atoms with van der Waals surface area (Å²) in [6.07, 6.45) is 2.33. The molecule has 6 nitrogen and oxygen atoms in total. The number of anilines is 1. The fraction of sp³-hybridized carbons (Fsp3) is 0.727. The van der Waals surface area contributed by atoms with Gasteiger partial charge in [0, 0.05) is 13.1 Å². The highest BCUT2D eigenvalue weighted by Crippen LogP contribution is 2.32. The van der Waals surface area contributed by atoms with E-state index in [2.05, 4.69) is 4.98 Å². The van der Waals surface area contributed by atoms with Crippen LogP contribution in [0.5, 0.6) is 0 Å². The number of rotatable bonds is 2. The van der Waals surface area contributed by atoms with Crippen LogP contribution in [0.15, 0.2) is 10.7 Å². The van der Waals surface area contributed by atoms with Crippen LogP contribution in [-0.2, 0) is 9.47 Å². The fourth-order valence-electron chi connectivity index (χ4n) is 2.08. The number of piperidine rings is 1. The number of aromatic nitrogens is 1. The lowest BCUT2D eigenvalue weighted by atomic mass is 10.1. The molecular formula is C11H16N2O4. The molecule has 0 amide bonds. The first-order chi connectivity index (χ1) is 8.22. The van der Waals surface area contributed by atoms with E-state index in [0.717, 1.165) is 25.9 Å². The van der Waals surface area contributed by atoms with Gasteiger partial charge in [-0.05, 0) is 19.8 Å². The Morgan fingerprint density at radius 1 is 1.35 bits per heavy atom. The lowest BCUT2D eigenvalue weighted by Gasteiger charge is -2.32. The van der Waals surface area contributed by atoms with Crippen molar-refractivity contribution >= 4 is 6.01 Å². The minimum atomic E-state index is -0.391. The van der Waals surface area contributed by atoms with Crippen LogP contribution in [-0.4, -0.2) is 35.6 Å². The zero-order valence-corrected chi connectivity index (χ0v) is 9.70. The van der Waals surface area contributed by atoms with E-state index in [1.807, 2.05) is 11.8 Å². The molecule has 0 unspecified atom stereocenters. The van der Waals surface area contributed by atoms with E-state index in [9.17, 15) is 5.11 Å². The van der Waals surface area contributed by atoms with Gasteiger partial charge in [0.05, 0.1) is 6.10 Å². The second-order valence-corrected chi connectivity index (χ2v) is 4.44. The molecule has 2 aliphatic rings. The maximum Gasteiger partial charge on any atom is 0.297 e. The summed E-state index contributed by atoms with van der Waals surface area (Å²) in [4.78, 5) is 6.37. The summed E-state index contributed by atoms with van der Waals surface area (Å²) in [5, 5.41) is 9.43. The minimum Gasteiger partial charge on any atom is -0.432 e. The van der Waals surface area contributed by atoms with Crippen LogP contribution in [0.25, 0.3) is 0 Å². The third-order valence-corrected chi connectivity index (χ3v) is 3.12. The van der Waals surface area contributed by atoms with Crippen LogP contribution < -0.4 is 4.90 Å². The highest BCUT2D eigenvalue weighted by Gasteiger charge is 2.32. The molecule has 0 aliphatic carbocycles. The van der Waals surface area contributed by atoms with Crippen LogP contribution in [0.2, 0.25) is 0 Å². The topological polar surface area (TPSA) is 68.0 Å². The first-order valence-corrected chi connectivity index (χ1v) is 5.92. The maximum absolute atomic E-state index is 9.43. The normalized spacial score (nSPS) is 30.4. The van der Waals surface area contributed by atoms with Crippen LogP contribution >= 0.6 is 0 Å². The van der Waals surface area contributed by atoms with Gasteiger partial charge in [-0.1, -0.05) is 0 Å². The largest absolute Gasteiger partial charge is 0.432 e. The predicted octanol–water partition coefficient (Wildman–Crippen LogP) is 1.03. The summed E-state index contributed by atoms with van der Waals surface area (Å²) in [6.45, 7) is 3.37. The summed E-state index contributed by atoms with van der Waals surface area (Å²) < 4.78 is 16.1. The third-order valence-electron chi connectivity index (χ3n) is 3.12. The summed E-state index contributed by atoms with van der Waals surface area (Å²) in [5.41, 5.74) is 0.671. The van der Waals surface area contributed by atoms with E-state index >= 15 is 0 Å².